The van der Waals surface area contributed by atoms with E-state index >= 15 is 0 Å². The van der Waals surface area contributed by atoms with Crippen molar-refractivity contribution in [1.29, 1.82) is 0 Å². The molecule has 19 heavy (non-hydrogen) atoms. The van der Waals surface area contributed by atoms with Crippen LogP contribution in [0.1, 0.15) is 12.0 Å². The van der Waals surface area contributed by atoms with Crippen molar-refractivity contribution in [3.8, 4) is 0 Å². The summed E-state index contributed by atoms with van der Waals surface area (Å²) >= 11 is 0. The first kappa shape index (κ1) is 12.3. The molecular weight excluding hydrogens is 236 g/mol. The lowest BCUT2D eigenvalue weighted by Gasteiger charge is -2.34. The highest BCUT2D eigenvalue weighted by molar-refractivity contribution is 5.80. The van der Waals surface area contributed by atoms with Crippen molar-refractivity contribution < 1.29 is 0 Å². The van der Waals surface area contributed by atoms with Crippen molar-refractivity contribution in [2.24, 2.45) is 10.9 Å². The van der Waals surface area contributed by atoms with Gasteiger partial charge in [-0.05, 0) is 30.4 Å². The molecule has 2 aliphatic heterocycles. The van der Waals surface area contributed by atoms with Crippen molar-refractivity contribution in [1.82, 2.24) is 10.6 Å². The van der Waals surface area contributed by atoms with Crippen LogP contribution in [-0.4, -0.2) is 39.2 Å². The molecule has 4 nitrogen and oxygen atoms in total. The molecule has 0 aliphatic carbocycles. The van der Waals surface area contributed by atoms with Crippen molar-refractivity contribution in [2.45, 2.75) is 12.8 Å². The van der Waals surface area contributed by atoms with Crippen molar-refractivity contribution >= 4 is 11.6 Å². The minimum atomic E-state index is 0.645. The summed E-state index contributed by atoms with van der Waals surface area (Å²) in [7, 11) is 2.18. The second-order valence-corrected chi connectivity index (χ2v) is 5.47. The largest absolute Gasteiger partial charge is 0.374 e. The van der Waals surface area contributed by atoms with Gasteiger partial charge in [0.2, 0.25) is 0 Å². The van der Waals surface area contributed by atoms with Crippen molar-refractivity contribution in [2.75, 3.05) is 38.1 Å². The van der Waals surface area contributed by atoms with E-state index in [0.717, 1.165) is 45.0 Å². The van der Waals surface area contributed by atoms with Gasteiger partial charge < -0.3 is 15.5 Å². The van der Waals surface area contributed by atoms with E-state index < -0.39 is 0 Å². The molecule has 1 aromatic rings. The average molecular weight is 258 g/mol. The van der Waals surface area contributed by atoms with Crippen LogP contribution in [0.25, 0.3) is 0 Å². The molecule has 0 saturated carbocycles. The minimum Gasteiger partial charge on any atom is -0.374 e. The summed E-state index contributed by atoms with van der Waals surface area (Å²) < 4.78 is 0. The maximum Gasteiger partial charge on any atom is 0.191 e. The molecule has 1 aromatic carbocycles. The monoisotopic (exact) mass is 258 g/mol. The average Bonchev–Trinajstić information content (AvgIpc) is 2.46. The van der Waals surface area contributed by atoms with E-state index in [0.29, 0.717) is 5.92 Å². The Morgan fingerprint density at radius 1 is 1.42 bits per heavy atom. The lowest BCUT2D eigenvalue weighted by Crippen LogP contribution is -2.45. The molecule has 0 amide bonds. The quantitative estimate of drug-likeness (QED) is 0.838. The molecule has 1 atom stereocenters. The van der Waals surface area contributed by atoms with Gasteiger partial charge in [-0.25, -0.2) is 0 Å². The third kappa shape index (κ3) is 2.83. The molecule has 102 valence electrons. The van der Waals surface area contributed by atoms with Crippen molar-refractivity contribution in [3.63, 3.8) is 0 Å². The van der Waals surface area contributed by atoms with Crippen LogP contribution in [0.3, 0.4) is 0 Å². The summed E-state index contributed by atoms with van der Waals surface area (Å²) in [4.78, 5) is 6.82. The van der Waals surface area contributed by atoms with Crippen LogP contribution < -0.4 is 15.5 Å². The molecule has 3 rings (SSSR count). The molecule has 0 fully saturated rings. The Bertz CT molecular complexity index is 469. The molecule has 0 spiro atoms. The fraction of sp³-hybridized carbons (Fsp3) is 0.533. The Balaban J connectivity index is 1.60. The molecule has 4 heteroatoms. The second kappa shape index (κ2) is 5.51. The number of para-hydroxylation sites is 1. The Kier molecular flexibility index (Phi) is 3.58. The lowest BCUT2D eigenvalue weighted by molar-refractivity contribution is 0.490. The summed E-state index contributed by atoms with van der Waals surface area (Å²) in [5.74, 6) is 1.62. The zero-order chi connectivity index (χ0) is 13.1. The third-order valence-corrected chi connectivity index (χ3v) is 3.90. The number of hydrogen-bond acceptors (Lipinski definition) is 4. The summed E-state index contributed by atoms with van der Waals surface area (Å²) in [5.41, 5.74) is 2.84. The van der Waals surface area contributed by atoms with Crippen molar-refractivity contribution in [3.05, 3.63) is 29.8 Å². The van der Waals surface area contributed by atoms with Gasteiger partial charge in [0.05, 0.1) is 0 Å². The summed E-state index contributed by atoms with van der Waals surface area (Å²) in [6.45, 7) is 4.09. The lowest BCUT2D eigenvalue weighted by atomic mass is 9.93. The Labute approximate surface area is 114 Å². The number of aliphatic imine (C=N–C) groups is 1. The second-order valence-electron chi connectivity index (χ2n) is 5.47. The SMILES string of the molecule is CN1CC(CNC2=NCCCN2)Cc2ccccc21. The fourth-order valence-electron chi connectivity index (χ4n) is 2.95. The number of fused-ring (bicyclic) bond motifs is 1. The standard InChI is InChI=1S/C15H22N4/c1-19-11-12(9-13-5-2-3-6-14(13)19)10-18-15-16-7-4-8-17-15/h2-3,5-6,12H,4,7-11H2,1H3,(H2,16,17,18). The van der Waals surface area contributed by atoms with Gasteiger partial charge in [0, 0.05) is 38.9 Å². The maximum atomic E-state index is 4.46. The Morgan fingerprint density at radius 2 is 2.32 bits per heavy atom. The Morgan fingerprint density at radius 3 is 3.16 bits per heavy atom. The predicted octanol–water partition coefficient (Wildman–Crippen LogP) is 1.23. The molecule has 2 heterocycles. The van der Waals surface area contributed by atoms with E-state index in [2.05, 4.69) is 51.8 Å². The van der Waals surface area contributed by atoms with Gasteiger partial charge in [0.15, 0.2) is 5.96 Å². The summed E-state index contributed by atoms with van der Waals surface area (Å²) in [6, 6.07) is 8.71. The minimum absolute atomic E-state index is 0.645. The molecule has 0 saturated heterocycles. The number of rotatable bonds is 2. The van der Waals surface area contributed by atoms with Gasteiger partial charge in [-0.15, -0.1) is 0 Å². The number of hydrogen-bond donors (Lipinski definition) is 2. The molecule has 2 N–H and O–H groups in total. The number of nitrogens with zero attached hydrogens (tertiary/aromatic N) is 2. The number of nitrogens with one attached hydrogen (secondary N) is 2. The van der Waals surface area contributed by atoms with Crippen LogP contribution in [0.5, 0.6) is 0 Å². The Hall–Kier alpha value is -1.71. The molecule has 0 aromatic heterocycles. The summed E-state index contributed by atoms with van der Waals surface area (Å²) in [5, 5.41) is 6.77. The van der Waals surface area contributed by atoms with Crippen LogP contribution in [0.15, 0.2) is 29.3 Å². The highest BCUT2D eigenvalue weighted by Crippen LogP contribution is 2.27. The van der Waals surface area contributed by atoms with E-state index in [-0.39, 0.29) is 0 Å². The number of guanidine groups is 1. The highest BCUT2D eigenvalue weighted by atomic mass is 15.2. The first-order valence-corrected chi connectivity index (χ1v) is 7.14. The van der Waals surface area contributed by atoms with E-state index in [1.807, 2.05) is 0 Å². The first-order chi connectivity index (χ1) is 9.33. The van der Waals surface area contributed by atoms with Gasteiger partial charge >= 0.3 is 0 Å². The topological polar surface area (TPSA) is 39.7 Å². The van der Waals surface area contributed by atoms with Crippen LogP contribution in [-0.2, 0) is 6.42 Å². The zero-order valence-corrected chi connectivity index (χ0v) is 11.5. The molecule has 0 radical (unpaired) electrons. The van der Waals surface area contributed by atoms with Crippen LogP contribution >= 0.6 is 0 Å². The molecule has 0 bridgehead atoms. The molecular formula is C15H22N4. The van der Waals surface area contributed by atoms with Gasteiger partial charge in [-0.3, -0.25) is 4.99 Å². The van der Waals surface area contributed by atoms with Gasteiger partial charge in [0.1, 0.15) is 0 Å². The van der Waals surface area contributed by atoms with Gasteiger partial charge in [0.25, 0.3) is 0 Å². The molecule has 2 aliphatic rings. The highest BCUT2D eigenvalue weighted by Gasteiger charge is 2.21. The fourth-order valence-corrected chi connectivity index (χ4v) is 2.95. The van der Waals surface area contributed by atoms with Crippen LogP contribution in [0, 0.1) is 5.92 Å². The zero-order valence-electron chi connectivity index (χ0n) is 11.5. The van der Waals surface area contributed by atoms with Gasteiger partial charge in [-0.2, -0.15) is 0 Å². The van der Waals surface area contributed by atoms with E-state index in [9.17, 15) is 0 Å². The smallest absolute Gasteiger partial charge is 0.191 e. The van der Waals surface area contributed by atoms with E-state index in [4.69, 9.17) is 0 Å². The first-order valence-electron chi connectivity index (χ1n) is 7.14. The number of anilines is 1. The normalized spacial score (nSPS) is 22.3. The number of benzene rings is 1. The molecule has 1 unspecified atom stereocenters. The van der Waals surface area contributed by atoms with E-state index in [1.54, 1.807) is 0 Å². The third-order valence-electron chi connectivity index (χ3n) is 3.90. The predicted molar refractivity (Wildman–Crippen MR) is 79.8 cm³/mol. The maximum absolute atomic E-state index is 4.46. The van der Waals surface area contributed by atoms with E-state index in [1.165, 1.54) is 11.3 Å². The van der Waals surface area contributed by atoms with Gasteiger partial charge in [-0.1, -0.05) is 18.2 Å². The van der Waals surface area contributed by atoms with Crippen LogP contribution in [0.4, 0.5) is 5.69 Å². The summed E-state index contributed by atoms with van der Waals surface area (Å²) in [6.07, 6.45) is 2.30. The van der Waals surface area contributed by atoms with Crippen LogP contribution in [0.2, 0.25) is 0 Å².